The molecule has 114 valence electrons. The van der Waals surface area contributed by atoms with Crippen LogP contribution in [-0.2, 0) is 4.84 Å². The van der Waals surface area contributed by atoms with Crippen molar-refractivity contribution in [3.63, 3.8) is 0 Å². The zero-order chi connectivity index (χ0) is 15.6. The van der Waals surface area contributed by atoms with E-state index in [0.717, 1.165) is 12.1 Å². The molecule has 2 aromatic rings. The van der Waals surface area contributed by atoms with Crippen molar-refractivity contribution in [2.45, 2.75) is 18.4 Å². The summed E-state index contributed by atoms with van der Waals surface area (Å²) in [5.41, 5.74) is 0.285. The molecule has 0 atom stereocenters. The van der Waals surface area contributed by atoms with Crippen molar-refractivity contribution in [2.24, 2.45) is 5.16 Å². The van der Waals surface area contributed by atoms with Crippen molar-refractivity contribution in [3.05, 3.63) is 65.5 Å². The molecule has 1 aliphatic carbocycles. The van der Waals surface area contributed by atoms with E-state index in [1.807, 2.05) is 0 Å². The number of hydrogen-bond donors (Lipinski definition) is 1. The van der Waals surface area contributed by atoms with Gasteiger partial charge in [-0.3, -0.25) is 4.98 Å². The highest BCUT2D eigenvalue weighted by atomic mass is 19.2. The van der Waals surface area contributed by atoms with Gasteiger partial charge in [0.25, 0.3) is 0 Å². The Morgan fingerprint density at radius 2 is 2.05 bits per heavy atom. The number of pyridine rings is 1. The molecule has 1 aromatic heterocycles. The van der Waals surface area contributed by atoms with Gasteiger partial charge in [0.2, 0.25) is 0 Å². The Balaban J connectivity index is 1.91. The van der Waals surface area contributed by atoms with Crippen LogP contribution in [0, 0.1) is 11.6 Å². The van der Waals surface area contributed by atoms with Gasteiger partial charge < -0.3 is 9.94 Å². The summed E-state index contributed by atoms with van der Waals surface area (Å²) in [7, 11) is 0. The first-order chi connectivity index (χ1) is 10.6. The molecular formula is C16H14F2N2O2. The van der Waals surface area contributed by atoms with Crippen molar-refractivity contribution < 1.29 is 18.7 Å². The van der Waals surface area contributed by atoms with Gasteiger partial charge in [-0.05, 0) is 43.2 Å². The molecule has 0 radical (unpaired) electrons. The average molecular weight is 304 g/mol. The summed E-state index contributed by atoms with van der Waals surface area (Å²) in [6.07, 6.45) is 2.92. The molecular weight excluding hydrogens is 290 g/mol. The van der Waals surface area contributed by atoms with Crippen LogP contribution < -0.4 is 0 Å². The van der Waals surface area contributed by atoms with E-state index in [2.05, 4.69) is 10.1 Å². The third-order valence-corrected chi connectivity index (χ3v) is 3.42. The van der Waals surface area contributed by atoms with Gasteiger partial charge in [-0.25, -0.2) is 8.78 Å². The fourth-order valence-corrected chi connectivity index (χ4v) is 1.90. The summed E-state index contributed by atoms with van der Waals surface area (Å²) in [5.74, 6) is -1.90. The predicted octanol–water partition coefficient (Wildman–Crippen LogP) is 2.65. The summed E-state index contributed by atoms with van der Waals surface area (Å²) >= 11 is 0. The quantitative estimate of drug-likeness (QED) is 0.682. The lowest BCUT2D eigenvalue weighted by atomic mass is 10.1. The van der Waals surface area contributed by atoms with Crippen LogP contribution in [0.1, 0.15) is 24.1 Å². The van der Waals surface area contributed by atoms with E-state index in [1.165, 1.54) is 6.07 Å². The highest BCUT2D eigenvalue weighted by Gasteiger charge is 2.41. The minimum Gasteiger partial charge on any atom is -0.392 e. The first kappa shape index (κ1) is 14.6. The van der Waals surface area contributed by atoms with Crippen molar-refractivity contribution in [1.82, 2.24) is 4.98 Å². The van der Waals surface area contributed by atoms with Crippen LogP contribution >= 0.6 is 0 Å². The SMILES string of the molecule is OC1(CO/N=C(\c2ccc(F)c(F)c2)c2ccccn2)CC1. The number of rotatable bonds is 5. The molecule has 1 fully saturated rings. The molecule has 6 heteroatoms. The Labute approximate surface area is 126 Å². The van der Waals surface area contributed by atoms with E-state index >= 15 is 0 Å². The fraction of sp³-hybridized carbons (Fsp3) is 0.250. The van der Waals surface area contributed by atoms with Crippen molar-refractivity contribution in [1.29, 1.82) is 0 Å². The van der Waals surface area contributed by atoms with Crippen LogP contribution in [0.25, 0.3) is 0 Å². The molecule has 0 unspecified atom stereocenters. The Bertz CT molecular complexity index is 701. The van der Waals surface area contributed by atoms with Crippen LogP contribution in [0.4, 0.5) is 8.78 Å². The minimum atomic E-state index is -0.970. The number of nitrogens with zero attached hydrogens (tertiary/aromatic N) is 2. The standard InChI is InChI=1S/C16H14F2N2O2/c17-12-5-4-11(9-13(12)18)15(14-3-1-2-8-19-14)20-22-10-16(21)6-7-16/h1-5,8-9,21H,6-7,10H2/b20-15+. The molecule has 1 heterocycles. The third-order valence-electron chi connectivity index (χ3n) is 3.42. The highest BCUT2D eigenvalue weighted by Crippen LogP contribution is 2.35. The summed E-state index contributed by atoms with van der Waals surface area (Å²) in [6, 6.07) is 8.65. The summed E-state index contributed by atoms with van der Waals surface area (Å²) in [5, 5.41) is 13.7. The lowest BCUT2D eigenvalue weighted by Crippen LogP contribution is -2.15. The molecule has 3 rings (SSSR count). The fourth-order valence-electron chi connectivity index (χ4n) is 1.90. The van der Waals surface area contributed by atoms with Gasteiger partial charge in [0.1, 0.15) is 17.9 Å². The van der Waals surface area contributed by atoms with Gasteiger partial charge in [-0.1, -0.05) is 11.2 Å². The van der Waals surface area contributed by atoms with E-state index in [0.29, 0.717) is 24.1 Å². The maximum atomic E-state index is 13.4. The van der Waals surface area contributed by atoms with Crippen LogP contribution in [0.2, 0.25) is 0 Å². The molecule has 1 N–H and O–H groups in total. The molecule has 1 saturated carbocycles. The zero-order valence-electron chi connectivity index (χ0n) is 11.7. The molecule has 1 aromatic carbocycles. The third kappa shape index (κ3) is 3.28. The molecule has 0 aliphatic heterocycles. The summed E-state index contributed by atoms with van der Waals surface area (Å²) in [6.45, 7) is 0.0625. The van der Waals surface area contributed by atoms with Crippen LogP contribution in [0.3, 0.4) is 0 Å². The Morgan fingerprint density at radius 1 is 1.23 bits per heavy atom. The van der Waals surface area contributed by atoms with Gasteiger partial charge in [0, 0.05) is 11.8 Å². The van der Waals surface area contributed by atoms with Crippen molar-refractivity contribution in [2.75, 3.05) is 6.61 Å². The Morgan fingerprint density at radius 3 is 2.68 bits per heavy atom. The van der Waals surface area contributed by atoms with E-state index < -0.39 is 17.2 Å². The van der Waals surface area contributed by atoms with Crippen molar-refractivity contribution >= 4 is 5.71 Å². The molecule has 0 bridgehead atoms. The Hall–Kier alpha value is -2.34. The number of benzene rings is 1. The lowest BCUT2D eigenvalue weighted by molar-refractivity contribution is 0.0237. The zero-order valence-corrected chi connectivity index (χ0v) is 11.7. The minimum absolute atomic E-state index is 0.0625. The number of aliphatic hydroxyl groups is 1. The predicted molar refractivity (Wildman–Crippen MR) is 76.4 cm³/mol. The Kier molecular flexibility index (Phi) is 3.85. The van der Waals surface area contributed by atoms with E-state index in [-0.39, 0.29) is 12.3 Å². The largest absolute Gasteiger partial charge is 0.392 e. The van der Waals surface area contributed by atoms with E-state index in [9.17, 15) is 13.9 Å². The first-order valence-electron chi connectivity index (χ1n) is 6.87. The van der Waals surface area contributed by atoms with E-state index in [1.54, 1.807) is 24.4 Å². The molecule has 0 saturated heterocycles. The second kappa shape index (κ2) is 5.81. The number of aromatic nitrogens is 1. The smallest absolute Gasteiger partial charge is 0.159 e. The topological polar surface area (TPSA) is 54.7 Å². The van der Waals surface area contributed by atoms with Gasteiger partial charge >= 0.3 is 0 Å². The van der Waals surface area contributed by atoms with Crippen molar-refractivity contribution in [3.8, 4) is 0 Å². The average Bonchev–Trinajstić information content (AvgIpc) is 3.26. The molecule has 0 spiro atoms. The monoisotopic (exact) mass is 304 g/mol. The van der Waals surface area contributed by atoms with Gasteiger partial charge in [0.05, 0.1) is 5.69 Å². The second-order valence-electron chi connectivity index (χ2n) is 5.28. The molecule has 4 nitrogen and oxygen atoms in total. The van der Waals surface area contributed by atoms with Crippen LogP contribution in [-0.4, -0.2) is 28.0 Å². The number of oxime groups is 1. The highest BCUT2D eigenvalue weighted by molar-refractivity contribution is 6.11. The summed E-state index contributed by atoms with van der Waals surface area (Å²) < 4.78 is 26.5. The maximum Gasteiger partial charge on any atom is 0.159 e. The van der Waals surface area contributed by atoms with Gasteiger partial charge in [-0.2, -0.15) is 0 Å². The summed E-state index contributed by atoms with van der Waals surface area (Å²) in [4.78, 5) is 9.33. The molecule has 22 heavy (non-hydrogen) atoms. The number of hydrogen-bond acceptors (Lipinski definition) is 4. The first-order valence-corrected chi connectivity index (χ1v) is 6.87. The van der Waals surface area contributed by atoms with Crippen LogP contribution in [0.15, 0.2) is 47.8 Å². The van der Waals surface area contributed by atoms with Crippen LogP contribution in [0.5, 0.6) is 0 Å². The maximum absolute atomic E-state index is 13.4. The van der Waals surface area contributed by atoms with Gasteiger partial charge in [-0.15, -0.1) is 0 Å². The number of halogens is 2. The van der Waals surface area contributed by atoms with Gasteiger partial charge in [0.15, 0.2) is 11.6 Å². The normalized spacial score (nSPS) is 16.4. The lowest BCUT2D eigenvalue weighted by Gasteiger charge is -2.09. The molecule has 0 amide bonds. The second-order valence-corrected chi connectivity index (χ2v) is 5.28. The molecule has 1 aliphatic rings. The van der Waals surface area contributed by atoms with E-state index in [4.69, 9.17) is 4.84 Å².